The van der Waals surface area contributed by atoms with E-state index in [1.165, 1.54) is 33.4 Å². The second-order valence-corrected chi connectivity index (χ2v) is 6.59. The second kappa shape index (κ2) is 7.54. The van der Waals surface area contributed by atoms with Gasteiger partial charge in [-0.3, -0.25) is 9.59 Å². The largest absolute Gasteiger partial charge is 0.497 e. The maximum Gasteiger partial charge on any atom is 0.263 e. The van der Waals surface area contributed by atoms with Crippen LogP contribution >= 0.6 is 0 Å². The van der Waals surface area contributed by atoms with Gasteiger partial charge in [0.25, 0.3) is 11.8 Å². The molecule has 10 nitrogen and oxygen atoms in total. The van der Waals surface area contributed by atoms with Crippen molar-refractivity contribution >= 4 is 23.2 Å². The van der Waals surface area contributed by atoms with Gasteiger partial charge in [0.15, 0.2) is 12.1 Å². The Morgan fingerprint density at radius 2 is 1.17 bits per heavy atom. The third kappa shape index (κ3) is 3.06. The lowest BCUT2D eigenvalue weighted by Crippen LogP contribution is -2.40. The third-order valence-corrected chi connectivity index (χ3v) is 4.98. The fourth-order valence-electron chi connectivity index (χ4n) is 3.47. The predicted octanol–water partition coefficient (Wildman–Crippen LogP) is 2.22. The number of fused-ring (bicyclic) bond motifs is 1. The number of carbonyl (C=O) groups is 2. The summed E-state index contributed by atoms with van der Waals surface area (Å²) in [6.07, 6.45) is 0. The number of hydrogen-bond donors (Lipinski definition) is 0. The van der Waals surface area contributed by atoms with Crippen LogP contribution in [0.3, 0.4) is 0 Å². The van der Waals surface area contributed by atoms with E-state index in [-0.39, 0.29) is 0 Å². The van der Waals surface area contributed by atoms with Gasteiger partial charge in [0, 0.05) is 36.4 Å². The number of carbonyl (C=O) groups excluding carboxylic acids is 2. The summed E-state index contributed by atoms with van der Waals surface area (Å²) in [7, 11) is 6.03. The molecule has 30 heavy (non-hydrogen) atoms. The lowest BCUT2D eigenvalue weighted by molar-refractivity contribution is -0.121. The van der Waals surface area contributed by atoms with Crippen LogP contribution in [-0.4, -0.2) is 52.3 Å². The van der Waals surface area contributed by atoms with Crippen LogP contribution in [0.4, 0.5) is 11.4 Å². The summed E-state index contributed by atoms with van der Waals surface area (Å²) >= 11 is 0. The van der Waals surface area contributed by atoms with E-state index in [1.807, 2.05) is 0 Å². The zero-order chi connectivity index (χ0) is 21.4. The lowest BCUT2D eigenvalue weighted by Gasteiger charge is -2.22. The Balaban J connectivity index is 1.72. The average molecular weight is 412 g/mol. The summed E-state index contributed by atoms with van der Waals surface area (Å²) in [4.78, 5) is 27.4. The number of rotatable bonds is 6. The number of benzene rings is 2. The van der Waals surface area contributed by atoms with Gasteiger partial charge in [-0.05, 0) is 0 Å². The smallest absolute Gasteiger partial charge is 0.263 e. The first kappa shape index (κ1) is 19.5. The molecular formula is C20H20N4O6. The molecule has 0 aliphatic carbocycles. The van der Waals surface area contributed by atoms with E-state index >= 15 is 0 Å². The van der Waals surface area contributed by atoms with Crippen molar-refractivity contribution in [1.82, 2.24) is 0 Å². The summed E-state index contributed by atoms with van der Waals surface area (Å²) < 4.78 is 21.1. The van der Waals surface area contributed by atoms with Gasteiger partial charge in [-0.25, -0.2) is 9.91 Å². The molecule has 0 N–H and O–H groups in total. The molecule has 0 aromatic heterocycles. The molecule has 0 bridgehead atoms. The van der Waals surface area contributed by atoms with E-state index in [4.69, 9.17) is 18.9 Å². The van der Waals surface area contributed by atoms with Gasteiger partial charge in [0.1, 0.15) is 23.0 Å². The van der Waals surface area contributed by atoms with Crippen LogP contribution in [0.2, 0.25) is 0 Å². The van der Waals surface area contributed by atoms with Gasteiger partial charge < -0.3 is 18.9 Å². The number of methoxy groups -OCH3 is 4. The SMILES string of the molecule is COc1cc(OC)cc(N2C(=O)[C@H]3N=NN(c4cc(OC)cc(OC)c4)[C@@H]3C2=O)c1. The average Bonchev–Trinajstić information content (AvgIpc) is 3.32. The molecule has 1 saturated heterocycles. The number of ether oxygens (including phenoxy) is 4. The molecule has 156 valence electrons. The summed E-state index contributed by atoms with van der Waals surface area (Å²) in [5, 5.41) is 9.53. The monoisotopic (exact) mass is 412 g/mol. The van der Waals surface area contributed by atoms with Gasteiger partial charge in [0.05, 0.1) is 39.8 Å². The molecule has 0 unspecified atom stereocenters. The molecule has 2 aromatic rings. The van der Waals surface area contributed by atoms with E-state index in [0.717, 1.165) is 4.90 Å². The minimum atomic E-state index is -0.952. The Morgan fingerprint density at radius 3 is 1.63 bits per heavy atom. The van der Waals surface area contributed by atoms with E-state index in [1.54, 1.807) is 36.4 Å². The van der Waals surface area contributed by atoms with Gasteiger partial charge in [0.2, 0.25) is 0 Å². The molecular weight excluding hydrogens is 392 g/mol. The number of anilines is 2. The van der Waals surface area contributed by atoms with Crippen LogP contribution in [0.15, 0.2) is 46.7 Å². The Morgan fingerprint density at radius 1 is 0.700 bits per heavy atom. The van der Waals surface area contributed by atoms with Gasteiger partial charge in [-0.15, -0.1) is 0 Å². The summed E-state index contributed by atoms with van der Waals surface area (Å²) in [5.74, 6) is 1.04. The van der Waals surface area contributed by atoms with Crippen LogP contribution in [0.5, 0.6) is 23.0 Å². The Labute approximate surface area is 172 Å². The summed E-state index contributed by atoms with van der Waals surface area (Å²) in [5.41, 5.74) is 0.864. The van der Waals surface area contributed by atoms with Crippen LogP contribution in [0, 0.1) is 0 Å². The highest BCUT2D eigenvalue weighted by atomic mass is 16.5. The van der Waals surface area contributed by atoms with Crippen LogP contribution in [-0.2, 0) is 9.59 Å². The number of imide groups is 1. The van der Waals surface area contributed by atoms with Crippen molar-refractivity contribution < 1.29 is 28.5 Å². The number of amides is 2. The standard InChI is InChI=1S/C20H20N4O6/c1-27-13-5-11(6-14(9-13)28-2)23-19(25)17-18(20(23)26)24(22-21-17)12-7-15(29-3)10-16(8-12)30-4/h5-10,17-18H,1-4H3/t17-,18-/m0/s1. The van der Waals surface area contributed by atoms with E-state index in [2.05, 4.69) is 10.3 Å². The molecule has 2 atom stereocenters. The molecule has 0 radical (unpaired) electrons. The van der Waals surface area contributed by atoms with Crippen molar-refractivity contribution in [1.29, 1.82) is 0 Å². The molecule has 4 rings (SSSR count). The molecule has 2 amide bonds. The van der Waals surface area contributed by atoms with Crippen LogP contribution < -0.4 is 28.9 Å². The highest BCUT2D eigenvalue weighted by Crippen LogP contribution is 2.39. The van der Waals surface area contributed by atoms with Crippen LogP contribution in [0.1, 0.15) is 0 Å². The molecule has 0 saturated carbocycles. The quantitative estimate of drug-likeness (QED) is 0.671. The van der Waals surface area contributed by atoms with Crippen molar-refractivity contribution in [3.05, 3.63) is 36.4 Å². The minimum Gasteiger partial charge on any atom is -0.497 e. The first-order valence-electron chi connectivity index (χ1n) is 9.04. The lowest BCUT2D eigenvalue weighted by atomic mass is 10.1. The molecule has 0 spiro atoms. The number of hydrogen-bond acceptors (Lipinski definition) is 9. The van der Waals surface area contributed by atoms with Crippen molar-refractivity contribution in [3.63, 3.8) is 0 Å². The van der Waals surface area contributed by atoms with Gasteiger partial charge >= 0.3 is 0 Å². The van der Waals surface area contributed by atoms with Crippen molar-refractivity contribution in [2.45, 2.75) is 12.1 Å². The van der Waals surface area contributed by atoms with E-state index in [9.17, 15) is 9.59 Å². The zero-order valence-electron chi connectivity index (χ0n) is 16.9. The molecule has 1 fully saturated rings. The fourth-order valence-corrected chi connectivity index (χ4v) is 3.47. The molecule has 2 aromatic carbocycles. The summed E-state index contributed by atoms with van der Waals surface area (Å²) in [6, 6.07) is 8.07. The van der Waals surface area contributed by atoms with Gasteiger partial charge in [-0.1, -0.05) is 5.22 Å². The minimum absolute atomic E-state index is 0.342. The Kier molecular flexibility index (Phi) is 4.90. The van der Waals surface area contributed by atoms with Crippen molar-refractivity contribution in [3.8, 4) is 23.0 Å². The maximum absolute atomic E-state index is 13.3. The predicted molar refractivity (Wildman–Crippen MR) is 106 cm³/mol. The molecule has 2 aliphatic heterocycles. The maximum atomic E-state index is 13.3. The second-order valence-electron chi connectivity index (χ2n) is 6.59. The first-order chi connectivity index (χ1) is 14.5. The van der Waals surface area contributed by atoms with E-state index < -0.39 is 23.9 Å². The highest BCUT2D eigenvalue weighted by Gasteiger charge is 2.55. The van der Waals surface area contributed by atoms with Crippen LogP contribution in [0.25, 0.3) is 0 Å². The fraction of sp³-hybridized carbons (Fsp3) is 0.300. The van der Waals surface area contributed by atoms with Gasteiger partial charge in [-0.2, -0.15) is 5.11 Å². The highest BCUT2D eigenvalue weighted by molar-refractivity contribution is 6.26. The van der Waals surface area contributed by atoms with Crippen molar-refractivity contribution in [2.75, 3.05) is 38.3 Å². The Bertz CT molecular complexity index is 995. The normalized spacial score (nSPS) is 19.9. The molecule has 2 aliphatic rings. The zero-order valence-corrected chi connectivity index (χ0v) is 16.9. The van der Waals surface area contributed by atoms with E-state index in [0.29, 0.717) is 34.4 Å². The van der Waals surface area contributed by atoms with Crippen molar-refractivity contribution in [2.24, 2.45) is 10.3 Å². The Hall–Kier alpha value is -3.82. The number of nitrogens with zero attached hydrogens (tertiary/aromatic N) is 4. The topological polar surface area (TPSA) is 102 Å². The first-order valence-corrected chi connectivity index (χ1v) is 9.04. The molecule has 2 heterocycles. The molecule has 10 heteroatoms. The summed E-state index contributed by atoms with van der Waals surface area (Å²) in [6.45, 7) is 0. The third-order valence-electron chi connectivity index (χ3n) is 4.98.